The first-order valence-electron chi connectivity index (χ1n) is 5.94. The Hall–Kier alpha value is -2.09. The lowest BCUT2D eigenvalue weighted by atomic mass is 10.1. The zero-order valence-electron chi connectivity index (χ0n) is 10.3. The van der Waals surface area contributed by atoms with Gasteiger partial charge in [-0.1, -0.05) is 36.4 Å². The minimum atomic E-state index is -0.215. The molecule has 92 valence electrons. The zero-order valence-corrected chi connectivity index (χ0v) is 10.3. The standard InChI is InChI=1S/C16H15FO/c1-2-18-16-11-7-14(8-12-16)4-3-13-5-9-15(17)10-6-13/h3-12H,2H2,1H3/b4-3+. The second kappa shape index (κ2) is 6.01. The van der Waals surface area contributed by atoms with Crippen LogP contribution in [0.15, 0.2) is 48.5 Å². The van der Waals surface area contributed by atoms with E-state index in [-0.39, 0.29) is 5.82 Å². The Balaban J connectivity index is 2.06. The lowest BCUT2D eigenvalue weighted by molar-refractivity contribution is 0.340. The lowest BCUT2D eigenvalue weighted by Crippen LogP contribution is -1.90. The smallest absolute Gasteiger partial charge is 0.123 e. The van der Waals surface area contributed by atoms with E-state index >= 15 is 0 Å². The van der Waals surface area contributed by atoms with Crippen LogP contribution in [0.25, 0.3) is 12.2 Å². The van der Waals surface area contributed by atoms with E-state index in [9.17, 15) is 4.39 Å². The van der Waals surface area contributed by atoms with Crippen molar-refractivity contribution in [2.75, 3.05) is 6.61 Å². The Morgan fingerprint density at radius 3 is 1.89 bits per heavy atom. The quantitative estimate of drug-likeness (QED) is 0.722. The molecule has 0 N–H and O–H groups in total. The topological polar surface area (TPSA) is 9.23 Å². The molecule has 18 heavy (non-hydrogen) atoms. The van der Waals surface area contributed by atoms with Gasteiger partial charge >= 0.3 is 0 Å². The fraction of sp³-hybridized carbons (Fsp3) is 0.125. The molecular weight excluding hydrogens is 227 g/mol. The third-order valence-corrected chi connectivity index (χ3v) is 2.53. The summed E-state index contributed by atoms with van der Waals surface area (Å²) in [6.45, 7) is 2.63. The minimum absolute atomic E-state index is 0.215. The van der Waals surface area contributed by atoms with Crippen molar-refractivity contribution in [1.82, 2.24) is 0 Å². The van der Waals surface area contributed by atoms with Crippen molar-refractivity contribution >= 4 is 12.2 Å². The average Bonchev–Trinajstić information content (AvgIpc) is 2.40. The predicted molar refractivity (Wildman–Crippen MR) is 72.9 cm³/mol. The molecule has 0 spiro atoms. The monoisotopic (exact) mass is 242 g/mol. The van der Waals surface area contributed by atoms with Crippen LogP contribution in [-0.2, 0) is 0 Å². The van der Waals surface area contributed by atoms with Crippen LogP contribution in [0, 0.1) is 5.82 Å². The molecule has 0 heterocycles. The maximum absolute atomic E-state index is 12.7. The van der Waals surface area contributed by atoms with Gasteiger partial charge in [0, 0.05) is 0 Å². The van der Waals surface area contributed by atoms with Crippen molar-refractivity contribution in [3.8, 4) is 5.75 Å². The van der Waals surface area contributed by atoms with Gasteiger partial charge in [-0.05, 0) is 42.3 Å². The van der Waals surface area contributed by atoms with E-state index in [1.54, 1.807) is 12.1 Å². The number of benzene rings is 2. The van der Waals surface area contributed by atoms with Gasteiger partial charge in [-0.15, -0.1) is 0 Å². The van der Waals surface area contributed by atoms with Gasteiger partial charge in [-0.25, -0.2) is 4.39 Å². The third kappa shape index (κ3) is 3.45. The number of ether oxygens (including phenoxy) is 1. The molecule has 0 bridgehead atoms. The van der Waals surface area contributed by atoms with E-state index in [0.29, 0.717) is 6.61 Å². The van der Waals surface area contributed by atoms with Crippen molar-refractivity contribution in [2.24, 2.45) is 0 Å². The molecule has 0 aliphatic rings. The van der Waals surface area contributed by atoms with E-state index in [2.05, 4.69) is 0 Å². The zero-order chi connectivity index (χ0) is 12.8. The molecule has 1 nitrogen and oxygen atoms in total. The van der Waals surface area contributed by atoms with Gasteiger partial charge in [0.1, 0.15) is 11.6 Å². The molecule has 0 aliphatic carbocycles. The van der Waals surface area contributed by atoms with Gasteiger partial charge in [-0.2, -0.15) is 0 Å². The summed E-state index contributed by atoms with van der Waals surface area (Å²) in [7, 11) is 0. The van der Waals surface area contributed by atoms with Crippen molar-refractivity contribution in [3.63, 3.8) is 0 Å². The lowest BCUT2D eigenvalue weighted by Gasteiger charge is -2.02. The van der Waals surface area contributed by atoms with Crippen LogP contribution in [0.4, 0.5) is 4.39 Å². The molecule has 2 heteroatoms. The normalized spacial score (nSPS) is 10.8. The van der Waals surface area contributed by atoms with Crippen molar-refractivity contribution in [3.05, 3.63) is 65.5 Å². The van der Waals surface area contributed by atoms with Crippen LogP contribution in [-0.4, -0.2) is 6.61 Å². The van der Waals surface area contributed by atoms with Crippen LogP contribution < -0.4 is 4.74 Å². The summed E-state index contributed by atoms with van der Waals surface area (Å²) >= 11 is 0. The van der Waals surface area contributed by atoms with E-state index < -0.39 is 0 Å². The van der Waals surface area contributed by atoms with E-state index in [0.717, 1.165) is 16.9 Å². The molecule has 0 fully saturated rings. The average molecular weight is 242 g/mol. The van der Waals surface area contributed by atoms with Crippen LogP contribution >= 0.6 is 0 Å². The fourth-order valence-corrected chi connectivity index (χ4v) is 1.61. The summed E-state index contributed by atoms with van der Waals surface area (Å²) in [5.74, 6) is 0.657. The van der Waals surface area contributed by atoms with Gasteiger partial charge in [0.05, 0.1) is 6.61 Å². The number of hydrogen-bond acceptors (Lipinski definition) is 1. The molecule has 0 atom stereocenters. The predicted octanol–water partition coefficient (Wildman–Crippen LogP) is 4.39. The maximum atomic E-state index is 12.7. The van der Waals surface area contributed by atoms with E-state index in [1.807, 2.05) is 43.3 Å². The highest BCUT2D eigenvalue weighted by molar-refractivity contribution is 5.69. The highest BCUT2D eigenvalue weighted by atomic mass is 19.1. The molecule has 0 radical (unpaired) electrons. The Morgan fingerprint density at radius 1 is 0.889 bits per heavy atom. The Labute approximate surface area is 107 Å². The summed E-state index contributed by atoms with van der Waals surface area (Å²) in [6.07, 6.45) is 3.94. The van der Waals surface area contributed by atoms with Crippen molar-refractivity contribution < 1.29 is 9.13 Å². The van der Waals surface area contributed by atoms with Gasteiger partial charge in [0.15, 0.2) is 0 Å². The van der Waals surface area contributed by atoms with Crippen LogP contribution in [0.1, 0.15) is 18.1 Å². The van der Waals surface area contributed by atoms with Gasteiger partial charge < -0.3 is 4.74 Å². The first kappa shape index (κ1) is 12.4. The van der Waals surface area contributed by atoms with Crippen LogP contribution in [0.2, 0.25) is 0 Å². The second-order valence-electron chi connectivity index (χ2n) is 3.89. The molecule has 0 unspecified atom stereocenters. The fourth-order valence-electron chi connectivity index (χ4n) is 1.61. The van der Waals surface area contributed by atoms with Gasteiger partial charge in [0.2, 0.25) is 0 Å². The SMILES string of the molecule is CCOc1ccc(/C=C/c2ccc(F)cc2)cc1. The van der Waals surface area contributed by atoms with Crippen LogP contribution in [0.3, 0.4) is 0 Å². The van der Waals surface area contributed by atoms with Crippen molar-refractivity contribution in [1.29, 1.82) is 0 Å². The summed E-state index contributed by atoms with van der Waals surface area (Å²) in [5.41, 5.74) is 2.06. The highest BCUT2D eigenvalue weighted by Gasteiger charge is 1.92. The molecule has 0 saturated heterocycles. The Morgan fingerprint density at radius 2 is 1.39 bits per heavy atom. The summed E-state index contributed by atoms with van der Waals surface area (Å²) in [5, 5.41) is 0. The number of rotatable bonds is 4. The minimum Gasteiger partial charge on any atom is -0.494 e. The Bertz CT molecular complexity index is 512. The first-order chi connectivity index (χ1) is 8.78. The molecule has 2 aromatic rings. The second-order valence-corrected chi connectivity index (χ2v) is 3.89. The molecule has 0 aromatic heterocycles. The molecule has 0 aliphatic heterocycles. The Kier molecular flexibility index (Phi) is 4.13. The molecule has 2 aromatic carbocycles. The number of hydrogen-bond donors (Lipinski definition) is 0. The number of halogens is 1. The molecule has 0 amide bonds. The first-order valence-corrected chi connectivity index (χ1v) is 5.94. The summed E-state index contributed by atoms with van der Waals surface area (Å²) in [4.78, 5) is 0. The molecular formula is C16H15FO. The molecule has 2 rings (SSSR count). The summed E-state index contributed by atoms with van der Waals surface area (Å²) in [6, 6.07) is 14.3. The molecule has 0 saturated carbocycles. The van der Waals surface area contributed by atoms with Gasteiger partial charge in [0.25, 0.3) is 0 Å². The highest BCUT2D eigenvalue weighted by Crippen LogP contribution is 2.14. The summed E-state index contributed by atoms with van der Waals surface area (Å²) < 4.78 is 18.1. The maximum Gasteiger partial charge on any atom is 0.123 e. The largest absolute Gasteiger partial charge is 0.494 e. The van der Waals surface area contributed by atoms with Crippen LogP contribution in [0.5, 0.6) is 5.75 Å². The van der Waals surface area contributed by atoms with E-state index in [4.69, 9.17) is 4.74 Å². The van der Waals surface area contributed by atoms with E-state index in [1.165, 1.54) is 12.1 Å². The third-order valence-electron chi connectivity index (χ3n) is 2.53. The van der Waals surface area contributed by atoms with Gasteiger partial charge in [-0.3, -0.25) is 0 Å². The van der Waals surface area contributed by atoms with Crippen molar-refractivity contribution in [2.45, 2.75) is 6.92 Å².